The number of carbonyl (C=O) groups is 1. The van der Waals surface area contributed by atoms with E-state index in [2.05, 4.69) is 25.3 Å². The highest BCUT2D eigenvalue weighted by Crippen LogP contribution is 2.29. The van der Waals surface area contributed by atoms with Crippen LogP contribution in [0, 0.1) is 12.7 Å². The molecule has 2 aromatic heterocycles. The van der Waals surface area contributed by atoms with E-state index in [1.54, 1.807) is 19.2 Å². The summed E-state index contributed by atoms with van der Waals surface area (Å²) in [4.78, 5) is 29.9. The quantitative estimate of drug-likeness (QED) is 0.543. The number of aryl methyl sites for hydroxylation is 1. The number of anilines is 2. The molecule has 0 unspecified atom stereocenters. The Balaban J connectivity index is 1.57. The fraction of sp³-hybridized carbons (Fsp3) is 0.318. The Morgan fingerprint density at radius 1 is 1.24 bits per heavy atom. The summed E-state index contributed by atoms with van der Waals surface area (Å²) in [6, 6.07) is 5.97. The topological polar surface area (TPSA) is 93.1 Å². The number of rotatable bonds is 6. The highest BCUT2D eigenvalue weighted by molar-refractivity contribution is 6.30. The van der Waals surface area contributed by atoms with Gasteiger partial charge in [0.05, 0.1) is 12.2 Å². The third-order valence-electron chi connectivity index (χ3n) is 5.26. The van der Waals surface area contributed by atoms with Crippen LogP contribution in [0.5, 0.6) is 0 Å². The minimum Gasteiger partial charge on any atom is -0.447 e. The second-order valence-electron chi connectivity index (χ2n) is 7.66. The summed E-state index contributed by atoms with van der Waals surface area (Å²) in [7, 11) is 0. The number of alkyl halides is 1. The van der Waals surface area contributed by atoms with Crippen molar-refractivity contribution in [2.24, 2.45) is 0 Å². The van der Waals surface area contributed by atoms with Crippen LogP contribution in [0.3, 0.4) is 0 Å². The van der Waals surface area contributed by atoms with Crippen molar-refractivity contribution < 1.29 is 18.3 Å². The molecule has 172 valence electrons. The second-order valence-corrected chi connectivity index (χ2v) is 8.10. The molecule has 1 aromatic carbocycles. The number of nitrogens with zero attached hydrogens (tertiary/aromatic N) is 5. The number of ether oxygens (including phenoxy) is 1. The number of carbonyl (C=O) groups excluding carboxylic acids is 1. The average Bonchev–Trinajstić information content (AvgIpc) is 3.16. The molecule has 1 fully saturated rings. The van der Waals surface area contributed by atoms with Gasteiger partial charge >= 0.3 is 6.09 Å². The summed E-state index contributed by atoms with van der Waals surface area (Å²) < 4.78 is 33.2. The SMILES string of the molecule is Cc1nc([C@H](C)Nc2ncc(F)c(N3C(=O)OC[C@@H]3[C@H](C)F)n2)ncc1-c1cccc(Cl)c1. The van der Waals surface area contributed by atoms with Gasteiger partial charge in [0.15, 0.2) is 17.5 Å². The van der Waals surface area contributed by atoms with E-state index in [-0.39, 0.29) is 18.4 Å². The highest BCUT2D eigenvalue weighted by Gasteiger charge is 2.40. The van der Waals surface area contributed by atoms with Gasteiger partial charge < -0.3 is 10.1 Å². The Morgan fingerprint density at radius 3 is 2.73 bits per heavy atom. The van der Waals surface area contributed by atoms with E-state index in [0.717, 1.165) is 27.9 Å². The maximum atomic E-state index is 14.4. The van der Waals surface area contributed by atoms with Gasteiger partial charge in [-0.15, -0.1) is 0 Å². The monoisotopic (exact) mass is 474 g/mol. The van der Waals surface area contributed by atoms with Gasteiger partial charge in [0.1, 0.15) is 18.8 Å². The lowest BCUT2D eigenvalue weighted by Crippen LogP contribution is -2.40. The Bertz CT molecular complexity index is 1200. The third kappa shape index (κ3) is 4.70. The standard InChI is InChI=1S/C22H21ClF2N6O2/c1-11(24)18-10-33-22(32)31(18)20-17(25)9-27-21(30-20)29-13(3)19-26-8-16(12(2)28-19)14-5-4-6-15(23)7-14/h4-9,11,13,18H,10H2,1-3H3,(H,27,29,30)/t11-,13-,18+/m0/s1. The van der Waals surface area contributed by atoms with Crippen molar-refractivity contribution in [3.63, 3.8) is 0 Å². The predicted octanol–water partition coefficient (Wildman–Crippen LogP) is 4.89. The first-order valence-corrected chi connectivity index (χ1v) is 10.6. The first kappa shape index (κ1) is 22.8. The Labute approximate surface area is 194 Å². The van der Waals surface area contributed by atoms with Gasteiger partial charge in [-0.2, -0.15) is 4.98 Å². The van der Waals surface area contributed by atoms with E-state index in [9.17, 15) is 13.6 Å². The van der Waals surface area contributed by atoms with Gasteiger partial charge in [0.2, 0.25) is 5.95 Å². The molecule has 0 saturated carbocycles. The van der Waals surface area contributed by atoms with Gasteiger partial charge in [-0.3, -0.25) is 0 Å². The zero-order chi connectivity index (χ0) is 23.7. The molecule has 1 aliphatic heterocycles. The minimum atomic E-state index is -1.43. The van der Waals surface area contributed by atoms with E-state index >= 15 is 0 Å². The third-order valence-corrected chi connectivity index (χ3v) is 5.49. The molecule has 1 saturated heterocycles. The molecule has 0 bridgehead atoms. The molecule has 8 nitrogen and oxygen atoms in total. The van der Waals surface area contributed by atoms with Gasteiger partial charge in [-0.25, -0.2) is 33.4 Å². The molecule has 0 spiro atoms. The van der Waals surface area contributed by atoms with Crippen LogP contribution in [0.1, 0.15) is 31.4 Å². The number of halogens is 3. The van der Waals surface area contributed by atoms with E-state index in [1.807, 2.05) is 25.1 Å². The first-order chi connectivity index (χ1) is 15.7. The highest BCUT2D eigenvalue weighted by atomic mass is 35.5. The lowest BCUT2D eigenvalue weighted by atomic mass is 10.1. The number of aromatic nitrogens is 4. The number of nitrogens with one attached hydrogen (secondary N) is 1. The molecule has 1 amide bonds. The lowest BCUT2D eigenvalue weighted by molar-refractivity contribution is 0.174. The van der Waals surface area contributed by atoms with Crippen molar-refractivity contribution in [3.05, 3.63) is 59.0 Å². The Hall–Kier alpha value is -3.40. The van der Waals surface area contributed by atoms with Crippen molar-refractivity contribution in [2.75, 3.05) is 16.8 Å². The molecule has 0 aliphatic carbocycles. The molecule has 3 aromatic rings. The molecule has 3 atom stereocenters. The average molecular weight is 475 g/mol. The van der Waals surface area contributed by atoms with Crippen molar-refractivity contribution in [2.45, 2.75) is 39.0 Å². The summed E-state index contributed by atoms with van der Waals surface area (Å²) in [6.45, 7) is 4.73. The van der Waals surface area contributed by atoms with Crippen LogP contribution in [0.2, 0.25) is 5.02 Å². The fourth-order valence-corrected chi connectivity index (χ4v) is 3.70. The molecule has 1 aliphatic rings. The van der Waals surface area contributed by atoms with Crippen LogP contribution >= 0.6 is 11.6 Å². The van der Waals surface area contributed by atoms with Crippen LogP contribution < -0.4 is 10.2 Å². The summed E-state index contributed by atoms with van der Waals surface area (Å²) in [5, 5.41) is 3.61. The van der Waals surface area contributed by atoms with Crippen molar-refractivity contribution >= 4 is 29.5 Å². The van der Waals surface area contributed by atoms with Crippen molar-refractivity contribution in [1.29, 1.82) is 0 Å². The normalized spacial score (nSPS) is 17.6. The maximum Gasteiger partial charge on any atom is 0.416 e. The zero-order valence-corrected chi connectivity index (χ0v) is 18.8. The van der Waals surface area contributed by atoms with Crippen LogP contribution in [-0.4, -0.2) is 44.8 Å². The molecule has 1 N–H and O–H groups in total. The van der Waals surface area contributed by atoms with Gasteiger partial charge in [-0.05, 0) is 38.5 Å². The number of hydrogen-bond acceptors (Lipinski definition) is 7. The lowest BCUT2D eigenvalue weighted by Gasteiger charge is -2.22. The number of cyclic esters (lactones) is 1. The minimum absolute atomic E-state index is 0.0315. The molecule has 11 heteroatoms. The number of amides is 1. The van der Waals surface area contributed by atoms with E-state index in [0.29, 0.717) is 10.8 Å². The largest absolute Gasteiger partial charge is 0.447 e. The maximum absolute atomic E-state index is 14.4. The molecule has 4 rings (SSSR count). The second kappa shape index (κ2) is 9.22. The van der Waals surface area contributed by atoms with Gasteiger partial charge in [-0.1, -0.05) is 23.7 Å². The zero-order valence-electron chi connectivity index (χ0n) is 18.1. The van der Waals surface area contributed by atoms with E-state index in [1.165, 1.54) is 6.92 Å². The van der Waals surface area contributed by atoms with Crippen LogP contribution in [-0.2, 0) is 4.74 Å². The molecule has 3 heterocycles. The van der Waals surface area contributed by atoms with Crippen molar-refractivity contribution in [3.8, 4) is 11.1 Å². The van der Waals surface area contributed by atoms with E-state index in [4.69, 9.17) is 16.3 Å². The van der Waals surface area contributed by atoms with Crippen LogP contribution in [0.25, 0.3) is 11.1 Å². The van der Waals surface area contributed by atoms with Gasteiger partial charge in [0.25, 0.3) is 0 Å². The van der Waals surface area contributed by atoms with E-state index < -0.39 is 30.2 Å². The predicted molar refractivity (Wildman–Crippen MR) is 119 cm³/mol. The molecular weight excluding hydrogens is 454 g/mol. The fourth-order valence-electron chi connectivity index (χ4n) is 3.51. The summed E-state index contributed by atoms with van der Waals surface area (Å²) in [6.07, 6.45) is 0.315. The van der Waals surface area contributed by atoms with Gasteiger partial charge in [0, 0.05) is 22.5 Å². The van der Waals surface area contributed by atoms with Crippen molar-refractivity contribution in [1.82, 2.24) is 19.9 Å². The molecule has 0 radical (unpaired) electrons. The number of hydrogen-bond donors (Lipinski definition) is 1. The number of benzene rings is 1. The summed E-state index contributed by atoms with van der Waals surface area (Å²) in [5.41, 5.74) is 2.48. The smallest absolute Gasteiger partial charge is 0.416 e. The first-order valence-electron chi connectivity index (χ1n) is 10.2. The molecular formula is C22H21ClF2N6O2. The summed E-state index contributed by atoms with van der Waals surface area (Å²) in [5.74, 6) is -0.728. The molecule has 33 heavy (non-hydrogen) atoms. The van der Waals surface area contributed by atoms with Crippen LogP contribution in [0.15, 0.2) is 36.7 Å². The Kier molecular flexibility index (Phi) is 6.37. The van der Waals surface area contributed by atoms with Crippen LogP contribution in [0.4, 0.5) is 25.3 Å². The Morgan fingerprint density at radius 2 is 2.03 bits per heavy atom. The summed E-state index contributed by atoms with van der Waals surface area (Å²) >= 11 is 6.08.